The van der Waals surface area contributed by atoms with E-state index in [9.17, 15) is 13.2 Å². The number of carbonyl (C=O) groups excluding carboxylic acids is 1. The lowest BCUT2D eigenvalue weighted by atomic mass is 10.2. The van der Waals surface area contributed by atoms with Crippen molar-refractivity contribution in [3.8, 4) is 0 Å². The van der Waals surface area contributed by atoms with Crippen molar-refractivity contribution in [1.82, 2.24) is 9.71 Å². The second-order valence-electron chi connectivity index (χ2n) is 4.84. The van der Waals surface area contributed by atoms with E-state index in [0.717, 1.165) is 5.56 Å². The zero-order valence-corrected chi connectivity index (χ0v) is 13.4. The van der Waals surface area contributed by atoms with Crippen molar-refractivity contribution in [2.75, 3.05) is 11.9 Å². The fraction of sp³-hybridized carbons (Fsp3) is 0.125. The fourth-order valence-corrected chi connectivity index (χ4v) is 2.89. The van der Waals surface area contributed by atoms with Crippen molar-refractivity contribution in [1.29, 1.82) is 0 Å². The molecule has 1 heterocycles. The molecule has 1 aromatic heterocycles. The Morgan fingerprint density at radius 1 is 1.30 bits per heavy atom. The lowest BCUT2D eigenvalue weighted by molar-refractivity contribution is 0.102. The van der Waals surface area contributed by atoms with Crippen LogP contribution in [0.5, 0.6) is 0 Å². The van der Waals surface area contributed by atoms with E-state index in [1.807, 2.05) is 13.0 Å². The molecule has 0 aliphatic carbocycles. The number of sulfonamides is 1. The van der Waals surface area contributed by atoms with Gasteiger partial charge in [0.05, 0.1) is 4.90 Å². The van der Waals surface area contributed by atoms with Crippen LogP contribution in [0.2, 0.25) is 0 Å². The number of rotatable bonds is 6. The summed E-state index contributed by atoms with van der Waals surface area (Å²) >= 11 is 0. The van der Waals surface area contributed by atoms with Crippen molar-refractivity contribution in [3.05, 3.63) is 66.4 Å². The molecule has 0 bridgehead atoms. The Kier molecular flexibility index (Phi) is 5.25. The van der Waals surface area contributed by atoms with E-state index in [4.69, 9.17) is 0 Å². The molecule has 1 amide bonds. The van der Waals surface area contributed by atoms with Gasteiger partial charge in [-0.05, 0) is 42.8 Å². The lowest BCUT2D eigenvalue weighted by Gasteiger charge is -2.08. The molecule has 0 atom stereocenters. The summed E-state index contributed by atoms with van der Waals surface area (Å²) in [7, 11) is -3.67. The molecule has 2 N–H and O–H groups in total. The third kappa shape index (κ3) is 4.48. The van der Waals surface area contributed by atoms with Gasteiger partial charge >= 0.3 is 0 Å². The van der Waals surface area contributed by atoms with Gasteiger partial charge in [0.25, 0.3) is 5.91 Å². The third-order valence-electron chi connectivity index (χ3n) is 2.98. The minimum Gasteiger partial charge on any atom is -0.307 e. The SMILES string of the molecule is C=CCNS(=O)(=O)c1cccc(C(=O)Nc2cc(C)ccn2)c1. The number of hydrogen-bond donors (Lipinski definition) is 2. The molecule has 0 saturated heterocycles. The molecule has 0 fully saturated rings. The molecule has 0 radical (unpaired) electrons. The first kappa shape index (κ1) is 16.9. The lowest BCUT2D eigenvalue weighted by Crippen LogP contribution is -2.24. The molecule has 0 aliphatic heterocycles. The van der Waals surface area contributed by atoms with Crippen molar-refractivity contribution < 1.29 is 13.2 Å². The maximum atomic E-state index is 12.2. The third-order valence-corrected chi connectivity index (χ3v) is 4.40. The van der Waals surface area contributed by atoms with Gasteiger partial charge in [0.2, 0.25) is 10.0 Å². The molecular formula is C16H17N3O3S. The van der Waals surface area contributed by atoms with Gasteiger partial charge in [-0.25, -0.2) is 18.1 Å². The Morgan fingerprint density at radius 3 is 2.78 bits per heavy atom. The number of amides is 1. The molecular weight excluding hydrogens is 314 g/mol. The quantitative estimate of drug-likeness (QED) is 0.794. The Morgan fingerprint density at radius 2 is 2.09 bits per heavy atom. The van der Waals surface area contributed by atoms with Gasteiger partial charge in [-0.2, -0.15) is 0 Å². The van der Waals surface area contributed by atoms with Crippen LogP contribution in [0.3, 0.4) is 0 Å². The summed E-state index contributed by atoms with van der Waals surface area (Å²) in [6.45, 7) is 5.46. The molecule has 0 unspecified atom stereocenters. The van der Waals surface area contributed by atoms with Gasteiger partial charge in [-0.3, -0.25) is 4.79 Å². The highest BCUT2D eigenvalue weighted by molar-refractivity contribution is 7.89. The van der Waals surface area contributed by atoms with Crippen LogP contribution in [0.25, 0.3) is 0 Å². The van der Waals surface area contributed by atoms with Crippen LogP contribution in [0, 0.1) is 6.92 Å². The first-order valence-electron chi connectivity index (χ1n) is 6.87. The monoisotopic (exact) mass is 331 g/mol. The molecule has 0 aliphatic rings. The van der Waals surface area contributed by atoms with E-state index in [2.05, 4.69) is 21.6 Å². The number of pyridine rings is 1. The van der Waals surface area contributed by atoms with E-state index in [1.165, 1.54) is 30.3 Å². The minimum absolute atomic E-state index is 0.0178. The Bertz CT molecular complexity index is 832. The summed E-state index contributed by atoms with van der Waals surface area (Å²) < 4.78 is 26.5. The van der Waals surface area contributed by atoms with Crippen LogP contribution in [0.1, 0.15) is 15.9 Å². The van der Waals surface area contributed by atoms with Gasteiger partial charge in [-0.15, -0.1) is 6.58 Å². The average molecular weight is 331 g/mol. The Labute approximate surface area is 135 Å². The van der Waals surface area contributed by atoms with Crippen LogP contribution >= 0.6 is 0 Å². The molecule has 2 rings (SSSR count). The van der Waals surface area contributed by atoms with Gasteiger partial charge < -0.3 is 5.32 Å². The highest BCUT2D eigenvalue weighted by atomic mass is 32.2. The molecule has 2 aromatic rings. The molecule has 0 spiro atoms. The first-order valence-corrected chi connectivity index (χ1v) is 8.35. The largest absolute Gasteiger partial charge is 0.307 e. The summed E-state index contributed by atoms with van der Waals surface area (Å²) in [6.07, 6.45) is 3.03. The van der Waals surface area contributed by atoms with Crippen LogP contribution in [-0.4, -0.2) is 25.9 Å². The predicted octanol–water partition coefficient (Wildman–Crippen LogP) is 2.11. The second-order valence-corrected chi connectivity index (χ2v) is 6.61. The van der Waals surface area contributed by atoms with Gasteiger partial charge in [0.15, 0.2) is 0 Å². The number of aryl methyl sites for hydroxylation is 1. The zero-order valence-electron chi connectivity index (χ0n) is 12.6. The van der Waals surface area contributed by atoms with Crippen LogP contribution in [-0.2, 0) is 10.0 Å². The summed E-state index contributed by atoms with van der Waals surface area (Å²) in [4.78, 5) is 16.3. The van der Waals surface area contributed by atoms with Crippen molar-refractivity contribution in [2.24, 2.45) is 0 Å². The van der Waals surface area contributed by atoms with Gasteiger partial charge in [-0.1, -0.05) is 12.1 Å². The van der Waals surface area contributed by atoms with Gasteiger partial charge in [0, 0.05) is 18.3 Å². The molecule has 0 saturated carbocycles. The molecule has 1 aromatic carbocycles. The maximum absolute atomic E-state index is 12.2. The number of benzene rings is 1. The van der Waals surface area contributed by atoms with E-state index in [-0.39, 0.29) is 17.0 Å². The van der Waals surface area contributed by atoms with Gasteiger partial charge in [0.1, 0.15) is 5.82 Å². The van der Waals surface area contributed by atoms with E-state index < -0.39 is 15.9 Å². The maximum Gasteiger partial charge on any atom is 0.256 e. The highest BCUT2D eigenvalue weighted by Gasteiger charge is 2.15. The van der Waals surface area contributed by atoms with Crippen LogP contribution in [0.15, 0.2) is 60.1 Å². The van der Waals surface area contributed by atoms with Crippen LogP contribution in [0.4, 0.5) is 5.82 Å². The Hall–Kier alpha value is -2.51. The topological polar surface area (TPSA) is 88.2 Å². The average Bonchev–Trinajstić information content (AvgIpc) is 2.53. The fourth-order valence-electron chi connectivity index (χ4n) is 1.85. The van der Waals surface area contributed by atoms with E-state index >= 15 is 0 Å². The number of nitrogens with one attached hydrogen (secondary N) is 2. The number of anilines is 1. The van der Waals surface area contributed by atoms with Crippen LogP contribution < -0.4 is 10.0 Å². The van der Waals surface area contributed by atoms with Crippen molar-refractivity contribution in [3.63, 3.8) is 0 Å². The summed E-state index contributed by atoms with van der Waals surface area (Å²) in [5.74, 6) is -0.0167. The summed E-state index contributed by atoms with van der Waals surface area (Å²) in [5.41, 5.74) is 1.19. The number of carbonyl (C=O) groups is 1. The van der Waals surface area contributed by atoms with Crippen molar-refractivity contribution >= 4 is 21.7 Å². The number of nitrogens with zero attached hydrogens (tertiary/aromatic N) is 1. The van der Waals surface area contributed by atoms with Crippen molar-refractivity contribution in [2.45, 2.75) is 11.8 Å². The highest BCUT2D eigenvalue weighted by Crippen LogP contribution is 2.13. The summed E-state index contributed by atoms with van der Waals surface area (Å²) in [6, 6.07) is 9.33. The first-order chi connectivity index (χ1) is 10.9. The molecule has 7 heteroatoms. The smallest absolute Gasteiger partial charge is 0.256 e. The Balaban J connectivity index is 2.22. The van der Waals surface area contributed by atoms with E-state index in [1.54, 1.807) is 12.3 Å². The second kappa shape index (κ2) is 7.17. The number of aromatic nitrogens is 1. The minimum atomic E-state index is -3.67. The zero-order chi connectivity index (χ0) is 16.9. The standard InChI is InChI=1S/C16H17N3O3S/c1-3-8-18-23(21,22)14-6-4-5-13(11-14)16(20)19-15-10-12(2)7-9-17-15/h3-7,9-11,18H,1,8H2,2H3,(H,17,19,20). The van der Waals surface area contributed by atoms with E-state index in [0.29, 0.717) is 5.82 Å². The predicted molar refractivity (Wildman–Crippen MR) is 88.8 cm³/mol. The molecule has 23 heavy (non-hydrogen) atoms. The number of hydrogen-bond acceptors (Lipinski definition) is 4. The summed E-state index contributed by atoms with van der Waals surface area (Å²) in [5, 5.41) is 2.64. The molecule has 120 valence electrons. The molecule has 6 nitrogen and oxygen atoms in total. The normalized spacial score (nSPS) is 11.0.